The van der Waals surface area contributed by atoms with Crippen LogP contribution >= 0.6 is 0 Å². The van der Waals surface area contributed by atoms with Gasteiger partial charge >= 0.3 is 0 Å². The van der Waals surface area contributed by atoms with Gasteiger partial charge in [-0.2, -0.15) is 0 Å². The molecule has 3 rings (SSSR count). The number of amides is 2. The normalized spacial score (nSPS) is 12.0. The molecule has 8 heteroatoms. The smallest absolute Gasteiger partial charge is 0.264 e. The molecule has 0 saturated heterocycles. The van der Waals surface area contributed by atoms with E-state index in [2.05, 4.69) is 5.32 Å². The fraction of sp³-hybridized carbons (Fsp3) is 0.259. The number of nitrogens with one attached hydrogen (secondary N) is 1. The Kier molecular flexibility index (Phi) is 8.65. The van der Waals surface area contributed by atoms with Crippen molar-refractivity contribution < 1.29 is 18.0 Å². The summed E-state index contributed by atoms with van der Waals surface area (Å²) in [5, 5.41) is 2.75. The van der Waals surface area contributed by atoms with E-state index in [4.69, 9.17) is 0 Å². The van der Waals surface area contributed by atoms with Crippen LogP contribution in [0.3, 0.4) is 0 Å². The zero-order chi connectivity index (χ0) is 25.4. The van der Waals surface area contributed by atoms with Gasteiger partial charge in [0.2, 0.25) is 11.8 Å². The third-order valence-corrected chi connectivity index (χ3v) is 7.43. The Morgan fingerprint density at radius 3 is 2.03 bits per heavy atom. The van der Waals surface area contributed by atoms with Crippen molar-refractivity contribution in [2.24, 2.45) is 0 Å². The van der Waals surface area contributed by atoms with Crippen molar-refractivity contribution in [3.05, 3.63) is 96.1 Å². The predicted molar refractivity (Wildman–Crippen MR) is 137 cm³/mol. The highest BCUT2D eigenvalue weighted by Crippen LogP contribution is 2.24. The number of benzene rings is 3. The average molecular weight is 494 g/mol. The molecule has 3 aromatic carbocycles. The van der Waals surface area contributed by atoms with E-state index in [0.717, 1.165) is 15.4 Å². The third-order valence-electron chi connectivity index (χ3n) is 5.65. The van der Waals surface area contributed by atoms with Crippen molar-refractivity contribution in [3.63, 3.8) is 0 Å². The van der Waals surface area contributed by atoms with Gasteiger partial charge < -0.3 is 10.2 Å². The van der Waals surface area contributed by atoms with Gasteiger partial charge in [-0.05, 0) is 50.6 Å². The standard InChI is InChI=1S/C27H31N3O4S/c1-4-28-27(32)22(3)29(19-23-11-7-5-8-12-23)26(31)20-30(24-13-9-6-10-14-24)35(33,34)25-17-15-21(2)16-18-25/h5-18,22H,4,19-20H2,1-3H3,(H,28,32). The number of aryl methyl sites for hydroxylation is 1. The van der Waals surface area contributed by atoms with Crippen molar-refractivity contribution in [3.8, 4) is 0 Å². The molecule has 0 spiro atoms. The fourth-order valence-electron chi connectivity index (χ4n) is 3.65. The molecule has 0 saturated carbocycles. The number of carbonyl (C=O) groups is 2. The Bertz CT molecular complexity index is 1230. The summed E-state index contributed by atoms with van der Waals surface area (Å²) in [5.41, 5.74) is 2.13. The average Bonchev–Trinajstić information content (AvgIpc) is 2.86. The number of hydrogen-bond donors (Lipinski definition) is 1. The molecule has 0 heterocycles. The summed E-state index contributed by atoms with van der Waals surface area (Å²) in [6, 6.07) is 23.5. The van der Waals surface area contributed by atoms with Gasteiger partial charge in [0.15, 0.2) is 0 Å². The van der Waals surface area contributed by atoms with Crippen LogP contribution in [0.1, 0.15) is 25.0 Å². The second-order valence-corrected chi connectivity index (χ2v) is 10.1. The van der Waals surface area contributed by atoms with Crippen LogP contribution in [0.15, 0.2) is 89.8 Å². The number of rotatable bonds is 10. The molecular formula is C27H31N3O4S. The molecule has 0 aliphatic heterocycles. The van der Waals surface area contributed by atoms with Gasteiger partial charge in [-0.1, -0.05) is 66.2 Å². The highest BCUT2D eigenvalue weighted by molar-refractivity contribution is 7.92. The molecule has 1 unspecified atom stereocenters. The van der Waals surface area contributed by atoms with Gasteiger partial charge in [0.05, 0.1) is 10.6 Å². The Hall–Kier alpha value is -3.65. The first-order valence-electron chi connectivity index (χ1n) is 11.5. The fourth-order valence-corrected chi connectivity index (χ4v) is 5.06. The van der Waals surface area contributed by atoms with Crippen molar-refractivity contribution in [1.82, 2.24) is 10.2 Å². The molecule has 0 radical (unpaired) electrons. The maximum atomic E-state index is 13.7. The molecule has 184 valence electrons. The van der Waals surface area contributed by atoms with Crippen LogP contribution in [0.2, 0.25) is 0 Å². The van der Waals surface area contributed by atoms with Crippen LogP contribution in [-0.2, 0) is 26.2 Å². The predicted octanol–water partition coefficient (Wildman–Crippen LogP) is 3.74. The van der Waals surface area contributed by atoms with E-state index in [-0.39, 0.29) is 17.3 Å². The van der Waals surface area contributed by atoms with Crippen LogP contribution in [0.5, 0.6) is 0 Å². The molecule has 0 fully saturated rings. The zero-order valence-electron chi connectivity index (χ0n) is 20.2. The second-order valence-electron chi connectivity index (χ2n) is 8.24. The summed E-state index contributed by atoms with van der Waals surface area (Å²) in [7, 11) is -4.04. The molecule has 0 aliphatic carbocycles. The van der Waals surface area contributed by atoms with Crippen LogP contribution in [0, 0.1) is 6.92 Å². The van der Waals surface area contributed by atoms with E-state index < -0.39 is 28.5 Å². The number of para-hydroxylation sites is 1. The van der Waals surface area contributed by atoms with E-state index in [1.54, 1.807) is 56.3 Å². The third kappa shape index (κ3) is 6.48. The number of nitrogens with zero attached hydrogens (tertiary/aromatic N) is 2. The maximum Gasteiger partial charge on any atom is 0.264 e. The van der Waals surface area contributed by atoms with Gasteiger partial charge in [0.1, 0.15) is 12.6 Å². The van der Waals surface area contributed by atoms with E-state index in [9.17, 15) is 18.0 Å². The Morgan fingerprint density at radius 2 is 1.46 bits per heavy atom. The van der Waals surface area contributed by atoms with Crippen LogP contribution in [0.25, 0.3) is 0 Å². The van der Waals surface area contributed by atoms with Crippen LogP contribution < -0.4 is 9.62 Å². The first-order chi connectivity index (χ1) is 16.7. The minimum Gasteiger partial charge on any atom is -0.355 e. The van der Waals surface area contributed by atoms with Crippen LogP contribution in [-0.4, -0.2) is 44.3 Å². The minimum atomic E-state index is -4.04. The molecule has 1 atom stereocenters. The SMILES string of the molecule is CCNC(=O)C(C)N(Cc1ccccc1)C(=O)CN(c1ccccc1)S(=O)(=O)c1ccc(C)cc1. The van der Waals surface area contributed by atoms with Crippen molar-refractivity contribution >= 4 is 27.5 Å². The number of carbonyl (C=O) groups excluding carboxylic acids is 2. The van der Waals surface area contributed by atoms with E-state index in [0.29, 0.717) is 12.2 Å². The number of likely N-dealkylation sites (N-methyl/N-ethyl adjacent to an activating group) is 1. The van der Waals surface area contributed by atoms with Gasteiger partial charge in [0.25, 0.3) is 10.0 Å². The lowest BCUT2D eigenvalue weighted by molar-refractivity contribution is -0.139. The molecule has 0 aromatic heterocycles. The lowest BCUT2D eigenvalue weighted by Gasteiger charge is -2.32. The summed E-state index contributed by atoms with van der Waals surface area (Å²) in [4.78, 5) is 27.8. The summed E-state index contributed by atoms with van der Waals surface area (Å²) in [6.07, 6.45) is 0. The highest BCUT2D eigenvalue weighted by Gasteiger charge is 2.32. The largest absolute Gasteiger partial charge is 0.355 e. The Labute approximate surface area is 207 Å². The zero-order valence-corrected chi connectivity index (χ0v) is 21.0. The molecular weight excluding hydrogens is 462 g/mol. The van der Waals surface area contributed by atoms with E-state index >= 15 is 0 Å². The minimum absolute atomic E-state index is 0.0890. The second kappa shape index (κ2) is 11.7. The van der Waals surface area contributed by atoms with E-state index in [1.807, 2.05) is 37.3 Å². The van der Waals surface area contributed by atoms with Gasteiger partial charge in [-0.25, -0.2) is 8.42 Å². The van der Waals surface area contributed by atoms with Crippen molar-refractivity contribution in [1.29, 1.82) is 0 Å². The monoisotopic (exact) mass is 493 g/mol. The first kappa shape index (κ1) is 26.0. The summed E-state index contributed by atoms with van der Waals surface area (Å²) in [6.45, 7) is 5.47. The van der Waals surface area contributed by atoms with Gasteiger partial charge in [0, 0.05) is 13.1 Å². The van der Waals surface area contributed by atoms with Crippen molar-refractivity contribution in [2.45, 2.75) is 38.3 Å². The lowest BCUT2D eigenvalue weighted by atomic mass is 10.1. The van der Waals surface area contributed by atoms with Crippen molar-refractivity contribution in [2.75, 3.05) is 17.4 Å². The molecule has 35 heavy (non-hydrogen) atoms. The summed E-state index contributed by atoms with van der Waals surface area (Å²) >= 11 is 0. The van der Waals surface area contributed by atoms with Gasteiger partial charge in [-0.15, -0.1) is 0 Å². The number of hydrogen-bond acceptors (Lipinski definition) is 4. The Balaban J connectivity index is 1.99. The maximum absolute atomic E-state index is 13.7. The van der Waals surface area contributed by atoms with E-state index in [1.165, 1.54) is 17.0 Å². The Morgan fingerprint density at radius 1 is 0.886 bits per heavy atom. The summed E-state index contributed by atoms with van der Waals surface area (Å²) in [5.74, 6) is -0.781. The first-order valence-corrected chi connectivity index (χ1v) is 12.9. The molecule has 0 bridgehead atoms. The number of anilines is 1. The molecule has 2 amide bonds. The molecule has 1 N–H and O–H groups in total. The number of sulfonamides is 1. The topological polar surface area (TPSA) is 86.8 Å². The molecule has 7 nitrogen and oxygen atoms in total. The molecule has 0 aliphatic rings. The van der Waals surface area contributed by atoms with Crippen LogP contribution in [0.4, 0.5) is 5.69 Å². The highest BCUT2D eigenvalue weighted by atomic mass is 32.2. The van der Waals surface area contributed by atoms with Gasteiger partial charge in [-0.3, -0.25) is 13.9 Å². The lowest BCUT2D eigenvalue weighted by Crippen LogP contribution is -2.51. The summed E-state index contributed by atoms with van der Waals surface area (Å²) < 4.78 is 28.4. The molecule has 3 aromatic rings. The quantitative estimate of drug-likeness (QED) is 0.466.